The van der Waals surface area contributed by atoms with E-state index in [2.05, 4.69) is 75.3 Å². The molecule has 2 heteroatoms. The summed E-state index contributed by atoms with van der Waals surface area (Å²) in [6.07, 6.45) is 0. The molecule has 0 aliphatic carbocycles. The van der Waals surface area contributed by atoms with Crippen molar-refractivity contribution < 1.29 is 0 Å². The first kappa shape index (κ1) is 14.2. The number of nitrogens with one attached hydrogen (secondary N) is 1. The lowest BCUT2D eigenvalue weighted by molar-refractivity contribution is 0.169. The first-order valence-electron chi connectivity index (χ1n) is 6.58. The molecule has 0 fully saturated rings. The molecule has 0 saturated heterocycles. The number of nitrogens with zero attached hydrogens (tertiary/aromatic N) is 1. The van der Waals surface area contributed by atoms with Crippen LogP contribution in [0.4, 0.5) is 0 Å². The van der Waals surface area contributed by atoms with E-state index in [1.165, 1.54) is 5.56 Å². The standard InChI is InChI=1S/C15H26N2/c1-6-16-15(13(4)17(5)12(2)3)14-10-8-7-9-11-14/h7-13,15-16H,6H2,1-5H3. The monoisotopic (exact) mass is 234 g/mol. The minimum absolute atomic E-state index is 0.397. The van der Waals surface area contributed by atoms with Crippen molar-refractivity contribution in [1.29, 1.82) is 0 Å². The molecule has 2 unspecified atom stereocenters. The number of hydrogen-bond donors (Lipinski definition) is 1. The first-order chi connectivity index (χ1) is 8.07. The van der Waals surface area contributed by atoms with Crippen molar-refractivity contribution in [3.8, 4) is 0 Å². The van der Waals surface area contributed by atoms with Crippen molar-refractivity contribution in [3.63, 3.8) is 0 Å². The van der Waals surface area contributed by atoms with Gasteiger partial charge in [-0.2, -0.15) is 0 Å². The second-order valence-electron chi connectivity index (χ2n) is 4.95. The Hall–Kier alpha value is -0.860. The smallest absolute Gasteiger partial charge is 0.0475 e. The fourth-order valence-electron chi connectivity index (χ4n) is 2.15. The lowest BCUT2D eigenvalue weighted by atomic mass is 9.98. The molecule has 0 aliphatic rings. The predicted octanol–water partition coefficient (Wildman–Crippen LogP) is 3.07. The van der Waals surface area contributed by atoms with E-state index in [1.807, 2.05) is 0 Å². The number of hydrogen-bond acceptors (Lipinski definition) is 2. The van der Waals surface area contributed by atoms with Crippen molar-refractivity contribution in [3.05, 3.63) is 35.9 Å². The third kappa shape index (κ3) is 3.83. The SMILES string of the molecule is CCNC(c1ccccc1)C(C)N(C)C(C)C. The molecule has 96 valence electrons. The van der Waals surface area contributed by atoms with Crippen molar-refractivity contribution in [2.75, 3.05) is 13.6 Å². The molecule has 0 radical (unpaired) electrons. The summed E-state index contributed by atoms with van der Waals surface area (Å²) in [5, 5.41) is 3.59. The van der Waals surface area contributed by atoms with E-state index in [0.29, 0.717) is 18.1 Å². The van der Waals surface area contributed by atoms with Gasteiger partial charge in [0.2, 0.25) is 0 Å². The Morgan fingerprint density at radius 3 is 2.18 bits per heavy atom. The van der Waals surface area contributed by atoms with Crippen molar-refractivity contribution in [2.45, 2.75) is 45.8 Å². The zero-order valence-corrected chi connectivity index (χ0v) is 11.8. The molecular weight excluding hydrogens is 208 g/mol. The van der Waals surface area contributed by atoms with Gasteiger partial charge >= 0.3 is 0 Å². The number of benzene rings is 1. The fraction of sp³-hybridized carbons (Fsp3) is 0.600. The molecule has 17 heavy (non-hydrogen) atoms. The largest absolute Gasteiger partial charge is 0.309 e. The van der Waals surface area contributed by atoms with Gasteiger partial charge in [0.25, 0.3) is 0 Å². The van der Waals surface area contributed by atoms with Crippen LogP contribution >= 0.6 is 0 Å². The molecule has 0 heterocycles. The summed E-state index contributed by atoms with van der Waals surface area (Å²) in [5.41, 5.74) is 1.37. The van der Waals surface area contributed by atoms with E-state index in [4.69, 9.17) is 0 Å². The zero-order valence-electron chi connectivity index (χ0n) is 11.8. The molecule has 1 rings (SSSR count). The van der Waals surface area contributed by atoms with Gasteiger partial charge in [-0.15, -0.1) is 0 Å². The molecule has 2 nitrogen and oxygen atoms in total. The van der Waals surface area contributed by atoms with E-state index in [0.717, 1.165) is 6.54 Å². The Kier molecular flexibility index (Phi) is 5.66. The topological polar surface area (TPSA) is 15.3 Å². The highest BCUT2D eigenvalue weighted by Gasteiger charge is 2.23. The summed E-state index contributed by atoms with van der Waals surface area (Å²) < 4.78 is 0. The van der Waals surface area contributed by atoms with Gasteiger partial charge in [-0.25, -0.2) is 0 Å². The highest BCUT2D eigenvalue weighted by atomic mass is 15.2. The molecule has 0 spiro atoms. The normalized spacial score (nSPS) is 15.2. The highest BCUT2D eigenvalue weighted by Crippen LogP contribution is 2.21. The first-order valence-corrected chi connectivity index (χ1v) is 6.58. The third-order valence-electron chi connectivity index (χ3n) is 3.52. The van der Waals surface area contributed by atoms with Crippen LogP contribution in [0.1, 0.15) is 39.3 Å². The van der Waals surface area contributed by atoms with Crippen LogP contribution in [0.2, 0.25) is 0 Å². The Balaban J connectivity index is 2.86. The molecular formula is C15H26N2. The second kappa shape index (κ2) is 6.77. The molecule has 0 amide bonds. The summed E-state index contributed by atoms with van der Waals surface area (Å²) >= 11 is 0. The van der Waals surface area contributed by atoms with Crippen molar-refractivity contribution in [2.24, 2.45) is 0 Å². The van der Waals surface area contributed by atoms with Crippen LogP contribution in [-0.2, 0) is 0 Å². The van der Waals surface area contributed by atoms with Crippen LogP contribution in [0.5, 0.6) is 0 Å². The molecule has 1 aromatic carbocycles. The average molecular weight is 234 g/mol. The van der Waals surface area contributed by atoms with Crippen LogP contribution < -0.4 is 5.32 Å². The minimum atomic E-state index is 0.397. The lowest BCUT2D eigenvalue weighted by Gasteiger charge is -2.35. The summed E-state index contributed by atoms with van der Waals surface area (Å²) in [5.74, 6) is 0. The zero-order chi connectivity index (χ0) is 12.8. The van der Waals surface area contributed by atoms with E-state index < -0.39 is 0 Å². The van der Waals surface area contributed by atoms with Gasteiger partial charge in [-0.3, -0.25) is 4.90 Å². The van der Waals surface area contributed by atoms with E-state index >= 15 is 0 Å². The lowest BCUT2D eigenvalue weighted by Crippen LogP contribution is -2.44. The van der Waals surface area contributed by atoms with Crippen LogP contribution in [0.25, 0.3) is 0 Å². The molecule has 1 aromatic rings. The van der Waals surface area contributed by atoms with Gasteiger partial charge in [-0.05, 0) is 39.9 Å². The van der Waals surface area contributed by atoms with Gasteiger partial charge in [0.1, 0.15) is 0 Å². The quantitative estimate of drug-likeness (QED) is 0.814. The van der Waals surface area contributed by atoms with Gasteiger partial charge in [0.15, 0.2) is 0 Å². The van der Waals surface area contributed by atoms with Crippen molar-refractivity contribution >= 4 is 0 Å². The second-order valence-corrected chi connectivity index (χ2v) is 4.95. The van der Waals surface area contributed by atoms with Crippen LogP contribution in [-0.4, -0.2) is 30.6 Å². The van der Waals surface area contributed by atoms with Crippen LogP contribution in [0, 0.1) is 0 Å². The third-order valence-corrected chi connectivity index (χ3v) is 3.52. The molecule has 1 N–H and O–H groups in total. The average Bonchev–Trinajstić information content (AvgIpc) is 2.35. The number of likely N-dealkylation sites (N-methyl/N-ethyl adjacent to an activating group) is 2. The van der Waals surface area contributed by atoms with E-state index in [-0.39, 0.29) is 0 Å². The summed E-state index contributed by atoms with van der Waals surface area (Å²) in [4.78, 5) is 2.42. The Morgan fingerprint density at radius 2 is 1.71 bits per heavy atom. The Morgan fingerprint density at radius 1 is 1.12 bits per heavy atom. The molecule has 2 atom stereocenters. The Bertz CT molecular complexity index is 308. The van der Waals surface area contributed by atoms with Gasteiger partial charge < -0.3 is 5.32 Å². The maximum atomic E-state index is 3.59. The highest BCUT2D eigenvalue weighted by molar-refractivity contribution is 5.20. The summed E-state index contributed by atoms with van der Waals surface area (Å²) in [6.45, 7) is 9.93. The predicted molar refractivity (Wildman–Crippen MR) is 75.2 cm³/mol. The fourth-order valence-corrected chi connectivity index (χ4v) is 2.15. The van der Waals surface area contributed by atoms with Gasteiger partial charge in [0, 0.05) is 18.1 Å². The number of rotatable bonds is 6. The summed E-state index contributed by atoms with van der Waals surface area (Å²) in [7, 11) is 2.20. The summed E-state index contributed by atoms with van der Waals surface area (Å²) in [6, 6.07) is 12.2. The van der Waals surface area contributed by atoms with Crippen molar-refractivity contribution in [1.82, 2.24) is 10.2 Å². The Labute approximate surface area is 106 Å². The molecule has 0 bridgehead atoms. The molecule has 0 aromatic heterocycles. The molecule has 0 aliphatic heterocycles. The van der Waals surface area contributed by atoms with E-state index in [9.17, 15) is 0 Å². The maximum Gasteiger partial charge on any atom is 0.0475 e. The molecule has 0 saturated carbocycles. The van der Waals surface area contributed by atoms with Crippen LogP contribution in [0.3, 0.4) is 0 Å². The maximum absolute atomic E-state index is 3.59. The van der Waals surface area contributed by atoms with E-state index in [1.54, 1.807) is 0 Å². The van der Waals surface area contributed by atoms with Gasteiger partial charge in [0.05, 0.1) is 0 Å². The van der Waals surface area contributed by atoms with Gasteiger partial charge in [-0.1, -0.05) is 37.3 Å². The van der Waals surface area contributed by atoms with Crippen LogP contribution in [0.15, 0.2) is 30.3 Å². The minimum Gasteiger partial charge on any atom is -0.309 e.